The summed E-state index contributed by atoms with van der Waals surface area (Å²) >= 11 is 0. The average molecular weight is 211 g/mol. The molecule has 0 aliphatic carbocycles. The van der Waals surface area contributed by atoms with E-state index in [-0.39, 0.29) is 0 Å². The molecule has 2 aromatic rings. The minimum absolute atomic E-state index is 0.361. The SMILES string of the molecule is Cc1cccc(C(C)c2cccc(C)n2)c1. The fourth-order valence-corrected chi connectivity index (χ4v) is 1.92. The van der Waals surface area contributed by atoms with Crippen molar-refractivity contribution in [1.29, 1.82) is 0 Å². The fraction of sp³-hybridized carbons (Fsp3) is 0.267. The summed E-state index contributed by atoms with van der Waals surface area (Å²) in [7, 11) is 0. The smallest absolute Gasteiger partial charge is 0.0478 e. The molecule has 82 valence electrons. The molecule has 16 heavy (non-hydrogen) atoms. The van der Waals surface area contributed by atoms with Crippen molar-refractivity contribution in [3.05, 3.63) is 65.0 Å². The van der Waals surface area contributed by atoms with Crippen LogP contribution in [0.1, 0.15) is 35.4 Å². The highest BCUT2D eigenvalue weighted by Gasteiger charge is 2.09. The molecule has 1 aromatic heterocycles. The number of hydrogen-bond acceptors (Lipinski definition) is 1. The van der Waals surface area contributed by atoms with E-state index in [2.05, 4.69) is 55.2 Å². The van der Waals surface area contributed by atoms with Gasteiger partial charge >= 0.3 is 0 Å². The summed E-state index contributed by atoms with van der Waals surface area (Å²) in [5.41, 5.74) is 4.86. The number of rotatable bonds is 2. The molecule has 0 radical (unpaired) electrons. The Morgan fingerprint density at radius 1 is 1.00 bits per heavy atom. The zero-order valence-corrected chi connectivity index (χ0v) is 10.1. The molecule has 1 aromatic carbocycles. The predicted molar refractivity (Wildman–Crippen MR) is 67.7 cm³/mol. The lowest BCUT2D eigenvalue weighted by molar-refractivity contribution is 0.860. The summed E-state index contributed by atoms with van der Waals surface area (Å²) in [6.07, 6.45) is 0. The van der Waals surface area contributed by atoms with E-state index in [0.717, 1.165) is 11.4 Å². The first-order chi connectivity index (χ1) is 7.66. The Balaban J connectivity index is 2.35. The van der Waals surface area contributed by atoms with E-state index >= 15 is 0 Å². The number of pyridine rings is 1. The summed E-state index contributed by atoms with van der Waals surface area (Å²) in [5.74, 6) is 0.361. The number of aromatic nitrogens is 1. The first kappa shape index (κ1) is 10.9. The van der Waals surface area contributed by atoms with E-state index in [1.54, 1.807) is 0 Å². The van der Waals surface area contributed by atoms with Gasteiger partial charge in [0, 0.05) is 17.3 Å². The van der Waals surface area contributed by atoms with Crippen LogP contribution in [0.5, 0.6) is 0 Å². The molecule has 1 heterocycles. The monoisotopic (exact) mass is 211 g/mol. The van der Waals surface area contributed by atoms with Crippen LogP contribution in [-0.4, -0.2) is 4.98 Å². The largest absolute Gasteiger partial charge is 0.258 e. The fourth-order valence-electron chi connectivity index (χ4n) is 1.92. The first-order valence-corrected chi connectivity index (χ1v) is 5.67. The van der Waals surface area contributed by atoms with Gasteiger partial charge in [-0.05, 0) is 31.5 Å². The number of nitrogens with zero attached hydrogens (tertiary/aromatic N) is 1. The topological polar surface area (TPSA) is 12.9 Å². The average Bonchev–Trinajstić information content (AvgIpc) is 2.28. The summed E-state index contributed by atoms with van der Waals surface area (Å²) in [6, 6.07) is 14.8. The molecule has 1 nitrogen and oxygen atoms in total. The van der Waals surface area contributed by atoms with Gasteiger partial charge in [-0.1, -0.05) is 42.8 Å². The van der Waals surface area contributed by atoms with Crippen molar-refractivity contribution in [3.63, 3.8) is 0 Å². The molecule has 0 amide bonds. The lowest BCUT2D eigenvalue weighted by Gasteiger charge is -2.12. The molecule has 1 atom stereocenters. The van der Waals surface area contributed by atoms with Gasteiger partial charge in [0.1, 0.15) is 0 Å². The summed E-state index contributed by atoms with van der Waals surface area (Å²) in [5, 5.41) is 0. The molecule has 2 rings (SSSR count). The molecular weight excluding hydrogens is 194 g/mol. The Kier molecular flexibility index (Phi) is 3.04. The molecule has 0 N–H and O–H groups in total. The van der Waals surface area contributed by atoms with Crippen LogP contribution < -0.4 is 0 Å². The highest BCUT2D eigenvalue weighted by molar-refractivity contribution is 5.31. The van der Waals surface area contributed by atoms with Crippen molar-refractivity contribution in [2.45, 2.75) is 26.7 Å². The zero-order chi connectivity index (χ0) is 11.5. The zero-order valence-electron chi connectivity index (χ0n) is 10.1. The number of hydrogen-bond donors (Lipinski definition) is 0. The summed E-state index contributed by atoms with van der Waals surface area (Å²) in [4.78, 5) is 4.58. The van der Waals surface area contributed by atoms with Crippen LogP contribution in [0.2, 0.25) is 0 Å². The minimum Gasteiger partial charge on any atom is -0.258 e. The Morgan fingerprint density at radius 3 is 2.44 bits per heavy atom. The second-order valence-electron chi connectivity index (χ2n) is 4.34. The van der Waals surface area contributed by atoms with E-state index in [1.807, 2.05) is 13.0 Å². The van der Waals surface area contributed by atoms with Gasteiger partial charge in [0.05, 0.1) is 0 Å². The van der Waals surface area contributed by atoms with Crippen LogP contribution >= 0.6 is 0 Å². The molecule has 0 fully saturated rings. The van der Waals surface area contributed by atoms with E-state index in [9.17, 15) is 0 Å². The van der Waals surface area contributed by atoms with E-state index in [0.29, 0.717) is 5.92 Å². The van der Waals surface area contributed by atoms with E-state index in [4.69, 9.17) is 0 Å². The third-order valence-electron chi connectivity index (χ3n) is 2.90. The van der Waals surface area contributed by atoms with Gasteiger partial charge in [-0.15, -0.1) is 0 Å². The Labute approximate surface area is 97.2 Å². The lowest BCUT2D eigenvalue weighted by Crippen LogP contribution is -2.00. The first-order valence-electron chi connectivity index (χ1n) is 5.67. The molecule has 0 bridgehead atoms. The Morgan fingerprint density at radius 2 is 1.75 bits per heavy atom. The summed E-state index contributed by atoms with van der Waals surface area (Å²) < 4.78 is 0. The standard InChI is InChI=1S/C15H17N/c1-11-6-4-8-14(10-11)13(3)15-9-5-7-12(2)16-15/h4-10,13H,1-3H3. The molecule has 0 aliphatic rings. The van der Waals surface area contributed by atoms with Gasteiger partial charge < -0.3 is 0 Å². The molecule has 1 heteroatoms. The minimum atomic E-state index is 0.361. The third-order valence-corrected chi connectivity index (χ3v) is 2.90. The number of benzene rings is 1. The molecule has 0 aliphatic heterocycles. The predicted octanol–water partition coefficient (Wildman–Crippen LogP) is 3.85. The van der Waals surface area contributed by atoms with Gasteiger partial charge in [0.25, 0.3) is 0 Å². The van der Waals surface area contributed by atoms with Crippen molar-refractivity contribution in [1.82, 2.24) is 4.98 Å². The normalized spacial score (nSPS) is 12.4. The second-order valence-corrected chi connectivity index (χ2v) is 4.34. The molecule has 0 saturated carbocycles. The van der Waals surface area contributed by atoms with Crippen LogP contribution in [-0.2, 0) is 0 Å². The quantitative estimate of drug-likeness (QED) is 0.735. The second kappa shape index (κ2) is 4.48. The maximum atomic E-state index is 4.58. The van der Waals surface area contributed by atoms with E-state index in [1.165, 1.54) is 11.1 Å². The van der Waals surface area contributed by atoms with Crippen molar-refractivity contribution in [3.8, 4) is 0 Å². The highest BCUT2D eigenvalue weighted by Crippen LogP contribution is 2.23. The molecule has 1 unspecified atom stereocenters. The van der Waals surface area contributed by atoms with Crippen LogP contribution in [0.25, 0.3) is 0 Å². The van der Waals surface area contributed by atoms with Crippen molar-refractivity contribution in [2.75, 3.05) is 0 Å². The number of aryl methyl sites for hydroxylation is 2. The van der Waals surface area contributed by atoms with Gasteiger partial charge in [-0.25, -0.2) is 0 Å². The van der Waals surface area contributed by atoms with E-state index < -0.39 is 0 Å². The summed E-state index contributed by atoms with van der Waals surface area (Å²) in [6.45, 7) is 6.36. The van der Waals surface area contributed by atoms with Crippen LogP contribution in [0.15, 0.2) is 42.5 Å². The van der Waals surface area contributed by atoms with Gasteiger partial charge in [-0.3, -0.25) is 4.98 Å². The third kappa shape index (κ3) is 2.30. The van der Waals surface area contributed by atoms with Crippen LogP contribution in [0.3, 0.4) is 0 Å². The van der Waals surface area contributed by atoms with Gasteiger partial charge in [-0.2, -0.15) is 0 Å². The Bertz CT molecular complexity index is 443. The van der Waals surface area contributed by atoms with Gasteiger partial charge in [0.15, 0.2) is 0 Å². The van der Waals surface area contributed by atoms with Gasteiger partial charge in [0.2, 0.25) is 0 Å². The lowest BCUT2D eigenvalue weighted by atomic mass is 9.96. The molecular formula is C15H17N. The molecule has 0 spiro atoms. The molecule has 0 saturated heterocycles. The maximum Gasteiger partial charge on any atom is 0.0478 e. The van der Waals surface area contributed by atoms with Crippen molar-refractivity contribution < 1.29 is 0 Å². The van der Waals surface area contributed by atoms with Crippen molar-refractivity contribution in [2.24, 2.45) is 0 Å². The maximum absolute atomic E-state index is 4.58. The van der Waals surface area contributed by atoms with Crippen LogP contribution in [0, 0.1) is 13.8 Å². The Hall–Kier alpha value is -1.63. The van der Waals surface area contributed by atoms with Crippen LogP contribution in [0.4, 0.5) is 0 Å². The highest BCUT2D eigenvalue weighted by atomic mass is 14.7. The van der Waals surface area contributed by atoms with Crippen molar-refractivity contribution >= 4 is 0 Å².